The number of ether oxygens (including phenoxy) is 3. The van der Waals surface area contributed by atoms with E-state index in [1.165, 1.54) is 5.82 Å². The first-order chi connectivity index (χ1) is 11.6. The minimum absolute atomic E-state index is 0.610. The van der Waals surface area contributed by atoms with Gasteiger partial charge in [0.25, 0.3) is 5.82 Å². The summed E-state index contributed by atoms with van der Waals surface area (Å²) in [5, 5.41) is 3.22. The van der Waals surface area contributed by atoms with Crippen molar-refractivity contribution in [3.8, 4) is 0 Å². The normalized spacial score (nSPS) is 11.3. The Balaban J connectivity index is 1.98. The van der Waals surface area contributed by atoms with E-state index < -0.39 is 0 Å². The molecule has 7 nitrogen and oxygen atoms in total. The third-order valence-electron chi connectivity index (χ3n) is 3.50. The summed E-state index contributed by atoms with van der Waals surface area (Å²) in [6.07, 6.45) is 8.10. The van der Waals surface area contributed by atoms with Gasteiger partial charge in [-0.1, -0.05) is 0 Å². The Kier molecular flexibility index (Phi) is 10.9. The molecule has 7 heteroatoms. The van der Waals surface area contributed by atoms with Crippen LogP contribution in [0.4, 0.5) is 0 Å². The lowest BCUT2D eigenvalue weighted by Gasteiger charge is -2.12. The van der Waals surface area contributed by atoms with Crippen LogP contribution in [0.5, 0.6) is 0 Å². The van der Waals surface area contributed by atoms with Gasteiger partial charge in [-0.05, 0) is 6.92 Å². The fourth-order valence-electron chi connectivity index (χ4n) is 2.10. The molecule has 1 aromatic rings. The molecule has 138 valence electrons. The molecule has 0 fully saturated rings. The van der Waals surface area contributed by atoms with Gasteiger partial charge < -0.3 is 24.4 Å². The number of nitrogens with one attached hydrogen (secondary N) is 1. The summed E-state index contributed by atoms with van der Waals surface area (Å²) in [6, 6.07) is 0. The molecule has 0 amide bonds. The average molecular weight is 341 g/mol. The van der Waals surface area contributed by atoms with E-state index in [0.717, 1.165) is 19.7 Å². The molecule has 0 radical (unpaired) electrons. The molecule has 0 aliphatic heterocycles. The standard InChI is InChI=1S/C17H33N4O3/c1-5-22-12-13-24-15-14-23-11-7-18-6-8-19(2)16-17-20(3)9-10-21(17)4/h6,8-10,18H,5,7,11-16H2,1-4H3/q+1/b8-6-. The summed E-state index contributed by atoms with van der Waals surface area (Å²) in [7, 11) is 6.17. The van der Waals surface area contributed by atoms with Gasteiger partial charge in [0.1, 0.15) is 18.9 Å². The van der Waals surface area contributed by atoms with Crippen LogP contribution in [-0.2, 0) is 34.9 Å². The Bertz CT molecular complexity index is 443. The average Bonchev–Trinajstić information content (AvgIpc) is 2.88. The van der Waals surface area contributed by atoms with Crippen LogP contribution < -0.4 is 9.88 Å². The molecule has 0 aliphatic rings. The summed E-state index contributed by atoms with van der Waals surface area (Å²) in [5.41, 5.74) is 0. The van der Waals surface area contributed by atoms with E-state index in [-0.39, 0.29) is 0 Å². The van der Waals surface area contributed by atoms with Crippen molar-refractivity contribution in [1.29, 1.82) is 0 Å². The molecule has 0 saturated heterocycles. The van der Waals surface area contributed by atoms with E-state index in [1.54, 1.807) is 0 Å². The Morgan fingerprint density at radius 3 is 2.46 bits per heavy atom. The SMILES string of the molecule is CCOCCOCCOCCN/C=C\N(C)Cc1n(C)cc[n+]1C. The third kappa shape index (κ3) is 8.90. The summed E-state index contributed by atoms with van der Waals surface area (Å²) < 4.78 is 20.3. The maximum Gasteiger partial charge on any atom is 0.275 e. The Labute approximate surface area is 145 Å². The molecule has 0 atom stereocenters. The van der Waals surface area contributed by atoms with Crippen LogP contribution >= 0.6 is 0 Å². The van der Waals surface area contributed by atoms with Crippen molar-refractivity contribution < 1.29 is 18.8 Å². The second-order valence-electron chi connectivity index (χ2n) is 5.54. The van der Waals surface area contributed by atoms with Gasteiger partial charge in [-0.3, -0.25) is 0 Å². The van der Waals surface area contributed by atoms with Crippen LogP contribution in [0, 0.1) is 0 Å². The molecule has 1 rings (SSSR count). The zero-order valence-corrected chi connectivity index (χ0v) is 15.5. The monoisotopic (exact) mass is 341 g/mol. The minimum Gasteiger partial charge on any atom is -0.387 e. The van der Waals surface area contributed by atoms with E-state index >= 15 is 0 Å². The molecule has 0 aromatic carbocycles. The summed E-state index contributed by atoms with van der Waals surface area (Å²) in [6.45, 7) is 7.51. The van der Waals surface area contributed by atoms with Gasteiger partial charge in [0.05, 0.1) is 47.1 Å². The zero-order valence-electron chi connectivity index (χ0n) is 15.5. The molecule has 1 aromatic heterocycles. The fraction of sp³-hybridized carbons (Fsp3) is 0.706. The van der Waals surface area contributed by atoms with Crippen molar-refractivity contribution in [1.82, 2.24) is 14.8 Å². The van der Waals surface area contributed by atoms with E-state index in [4.69, 9.17) is 14.2 Å². The highest BCUT2D eigenvalue weighted by Gasteiger charge is 2.11. The number of hydrogen-bond donors (Lipinski definition) is 1. The maximum atomic E-state index is 5.48. The zero-order chi connectivity index (χ0) is 17.6. The van der Waals surface area contributed by atoms with Crippen LogP contribution in [0.1, 0.15) is 12.7 Å². The van der Waals surface area contributed by atoms with Crippen molar-refractivity contribution in [2.75, 3.05) is 53.2 Å². The molecule has 0 saturated carbocycles. The maximum absolute atomic E-state index is 5.48. The first-order valence-electron chi connectivity index (χ1n) is 8.48. The molecule has 0 spiro atoms. The lowest BCUT2D eigenvalue weighted by molar-refractivity contribution is -0.679. The Morgan fingerprint density at radius 2 is 1.83 bits per heavy atom. The van der Waals surface area contributed by atoms with Crippen LogP contribution in [0.15, 0.2) is 24.8 Å². The highest BCUT2D eigenvalue weighted by atomic mass is 16.5. The minimum atomic E-state index is 0.610. The molecule has 1 heterocycles. The van der Waals surface area contributed by atoms with Gasteiger partial charge in [-0.15, -0.1) is 0 Å². The molecule has 0 unspecified atom stereocenters. The van der Waals surface area contributed by atoms with Crippen molar-refractivity contribution in [3.05, 3.63) is 30.6 Å². The van der Waals surface area contributed by atoms with Gasteiger partial charge >= 0.3 is 0 Å². The quantitative estimate of drug-likeness (QED) is 0.392. The van der Waals surface area contributed by atoms with Crippen LogP contribution in [-0.4, -0.2) is 62.7 Å². The largest absolute Gasteiger partial charge is 0.387 e. The Hall–Kier alpha value is -1.57. The van der Waals surface area contributed by atoms with Gasteiger partial charge in [-0.25, -0.2) is 9.13 Å². The topological polar surface area (TPSA) is 51.8 Å². The van der Waals surface area contributed by atoms with E-state index in [1.807, 2.05) is 19.3 Å². The van der Waals surface area contributed by atoms with Crippen LogP contribution in [0.25, 0.3) is 0 Å². The number of nitrogens with zero attached hydrogens (tertiary/aromatic N) is 3. The Morgan fingerprint density at radius 1 is 1.17 bits per heavy atom. The number of hydrogen-bond acceptors (Lipinski definition) is 5. The van der Waals surface area contributed by atoms with Gasteiger partial charge in [0.15, 0.2) is 0 Å². The van der Waals surface area contributed by atoms with Crippen molar-refractivity contribution in [2.45, 2.75) is 13.5 Å². The highest BCUT2D eigenvalue weighted by molar-refractivity contribution is 4.86. The predicted octanol–water partition coefficient (Wildman–Crippen LogP) is 0.412. The van der Waals surface area contributed by atoms with Crippen molar-refractivity contribution in [3.63, 3.8) is 0 Å². The molecule has 1 N–H and O–H groups in total. The van der Waals surface area contributed by atoms with Gasteiger partial charge in [-0.2, -0.15) is 0 Å². The van der Waals surface area contributed by atoms with Gasteiger partial charge in [0, 0.05) is 32.6 Å². The van der Waals surface area contributed by atoms with E-state index in [9.17, 15) is 0 Å². The van der Waals surface area contributed by atoms with Crippen molar-refractivity contribution in [2.24, 2.45) is 14.1 Å². The smallest absolute Gasteiger partial charge is 0.275 e. The van der Waals surface area contributed by atoms with E-state index in [0.29, 0.717) is 33.0 Å². The number of aryl methyl sites for hydroxylation is 2. The molecule has 0 aliphatic carbocycles. The molecular formula is C17H33N4O3+. The first kappa shape index (κ1) is 20.5. The van der Waals surface area contributed by atoms with Crippen molar-refractivity contribution >= 4 is 0 Å². The number of aromatic nitrogens is 2. The second-order valence-corrected chi connectivity index (χ2v) is 5.54. The second kappa shape index (κ2) is 12.8. The number of imidazole rings is 1. The first-order valence-corrected chi connectivity index (χ1v) is 8.48. The highest BCUT2D eigenvalue weighted by Crippen LogP contribution is 1.97. The van der Waals surface area contributed by atoms with Crippen LogP contribution in [0.2, 0.25) is 0 Å². The summed E-state index contributed by atoms with van der Waals surface area (Å²) >= 11 is 0. The molecular weight excluding hydrogens is 308 g/mol. The van der Waals surface area contributed by atoms with E-state index in [2.05, 4.69) is 52.9 Å². The number of rotatable bonds is 14. The van der Waals surface area contributed by atoms with Crippen LogP contribution in [0.3, 0.4) is 0 Å². The third-order valence-corrected chi connectivity index (χ3v) is 3.50. The lowest BCUT2D eigenvalue weighted by atomic mass is 10.5. The summed E-state index contributed by atoms with van der Waals surface area (Å²) in [5.74, 6) is 1.25. The lowest BCUT2D eigenvalue weighted by Crippen LogP contribution is -2.34. The molecule has 0 bridgehead atoms. The molecule has 24 heavy (non-hydrogen) atoms. The predicted molar refractivity (Wildman–Crippen MR) is 93.3 cm³/mol. The van der Waals surface area contributed by atoms with Gasteiger partial charge in [0.2, 0.25) is 0 Å². The fourth-order valence-corrected chi connectivity index (χ4v) is 2.10. The summed E-state index contributed by atoms with van der Waals surface area (Å²) in [4.78, 5) is 2.13.